The predicted octanol–water partition coefficient (Wildman–Crippen LogP) is 14.6. The number of anilines is 1. The molecule has 3 heteroatoms. The van der Waals surface area contributed by atoms with Crippen LogP contribution < -0.4 is 16.3 Å². The fraction of sp³-hybridized carbons (Fsp3) is 0.404. The zero-order valence-electron chi connectivity index (χ0n) is 38.5. The number of rotatable bonds is 7. The molecule has 2 N–H and O–H groups in total. The number of nitrogens with two attached hydrogens (primary N) is 1. The lowest BCUT2D eigenvalue weighted by atomic mass is 9.74. The fourth-order valence-corrected chi connectivity index (χ4v) is 14.9. The number of fused-ring (bicyclic) bond motifs is 5. The third-order valence-corrected chi connectivity index (χ3v) is 17.9. The Labute approximate surface area is 368 Å². The van der Waals surface area contributed by atoms with Crippen molar-refractivity contribution in [1.29, 1.82) is 0 Å². The number of nitrogen functional groups attached to an aromatic ring is 1. The maximum Gasteiger partial charge on any atom is 0.0416 e. The van der Waals surface area contributed by atoms with Gasteiger partial charge in [-0.1, -0.05) is 180 Å². The van der Waals surface area contributed by atoms with Crippen molar-refractivity contribution < 1.29 is 0 Å². The first kappa shape index (κ1) is 42.8. The van der Waals surface area contributed by atoms with E-state index in [4.69, 9.17) is 5.73 Å². The molecule has 312 valence electrons. The van der Waals surface area contributed by atoms with Crippen LogP contribution in [0.5, 0.6) is 0 Å². The van der Waals surface area contributed by atoms with Gasteiger partial charge in [0.1, 0.15) is 0 Å². The Hall–Kier alpha value is -3.84. The van der Waals surface area contributed by atoms with Crippen molar-refractivity contribution in [1.82, 2.24) is 0 Å². The summed E-state index contributed by atoms with van der Waals surface area (Å²) in [5.74, 6) is 0. The summed E-state index contributed by atoms with van der Waals surface area (Å²) in [6.45, 7) is 28.6. The molecule has 6 aromatic rings. The quantitative estimate of drug-likeness (QED) is 0.0985. The van der Waals surface area contributed by atoms with Crippen LogP contribution in [0.25, 0.3) is 10.8 Å². The Bertz CT molecular complexity index is 2430. The minimum absolute atomic E-state index is 0.00422. The molecule has 0 saturated heterocycles. The normalized spacial score (nSPS) is 17.4. The summed E-state index contributed by atoms with van der Waals surface area (Å²) in [4.78, 5) is 1.60. The van der Waals surface area contributed by atoms with Gasteiger partial charge in [0.25, 0.3) is 0 Å². The van der Waals surface area contributed by atoms with Crippen molar-refractivity contribution in [2.45, 2.75) is 152 Å². The summed E-state index contributed by atoms with van der Waals surface area (Å²) in [5.41, 5.74) is 21.1. The number of aryl methyl sites for hydroxylation is 2. The van der Waals surface area contributed by atoms with Gasteiger partial charge in [-0.25, -0.2) is 0 Å². The molecule has 1 unspecified atom stereocenters. The lowest BCUT2D eigenvalue weighted by molar-refractivity contribution is 0.505. The van der Waals surface area contributed by atoms with E-state index in [1.807, 2.05) is 0 Å². The molecular formula is C57H68NPS. The van der Waals surface area contributed by atoms with Gasteiger partial charge in [0.2, 0.25) is 0 Å². The highest BCUT2D eigenvalue weighted by molar-refractivity contribution is 8.07. The Kier molecular flexibility index (Phi) is 11.1. The van der Waals surface area contributed by atoms with Gasteiger partial charge in [0, 0.05) is 21.0 Å². The summed E-state index contributed by atoms with van der Waals surface area (Å²) in [6.07, 6.45) is 5.47. The molecule has 6 aromatic carbocycles. The molecule has 1 nitrogen and oxygen atoms in total. The second-order valence-corrected chi connectivity index (χ2v) is 26.1. The Morgan fingerprint density at radius 2 is 1.02 bits per heavy atom. The van der Waals surface area contributed by atoms with Crippen molar-refractivity contribution in [2.24, 2.45) is 0 Å². The van der Waals surface area contributed by atoms with Gasteiger partial charge in [0.05, 0.1) is 0 Å². The molecule has 0 fully saturated rings. The van der Waals surface area contributed by atoms with Crippen LogP contribution in [0.3, 0.4) is 0 Å². The Morgan fingerprint density at radius 3 is 1.53 bits per heavy atom. The third kappa shape index (κ3) is 8.26. The largest absolute Gasteiger partial charge is 0.398 e. The van der Waals surface area contributed by atoms with Crippen molar-refractivity contribution in [3.05, 3.63) is 165 Å². The molecule has 0 saturated carbocycles. The third-order valence-electron chi connectivity index (χ3n) is 13.6. The average molecular weight is 830 g/mol. The first-order chi connectivity index (χ1) is 28.1. The van der Waals surface area contributed by atoms with E-state index in [9.17, 15) is 0 Å². The van der Waals surface area contributed by atoms with Gasteiger partial charge >= 0.3 is 0 Å². The van der Waals surface area contributed by atoms with Crippen molar-refractivity contribution >= 4 is 46.8 Å². The van der Waals surface area contributed by atoms with Crippen molar-refractivity contribution in [2.75, 3.05) is 5.73 Å². The molecule has 0 aromatic heterocycles. The van der Waals surface area contributed by atoms with Crippen LogP contribution in [0.1, 0.15) is 146 Å². The fourth-order valence-electron chi connectivity index (χ4n) is 9.99. The van der Waals surface area contributed by atoms with Crippen LogP contribution in [-0.2, 0) is 46.3 Å². The maximum atomic E-state index is 6.98. The first-order valence-corrected chi connectivity index (χ1v) is 24.7. The predicted molar refractivity (Wildman–Crippen MR) is 266 cm³/mol. The zero-order valence-corrected chi connectivity index (χ0v) is 40.2. The Balaban J connectivity index is 1.41. The van der Waals surface area contributed by atoms with Gasteiger partial charge in [0.15, 0.2) is 0 Å². The molecule has 0 bridgehead atoms. The van der Waals surface area contributed by atoms with Gasteiger partial charge in [-0.3, -0.25) is 0 Å². The van der Waals surface area contributed by atoms with Crippen LogP contribution in [0.4, 0.5) is 5.69 Å². The SMILES string of the molecule is CC(C)(C)c1cc(P(c2cc(C(C)(C)C)cc(C(C)(C)C)c2)C(Cc2cccc3c2[C@]2(CCc4cccc(N)c42)CC3)Sc2ccc3ccccc3c2)cc(C(C)(C)C)c1. The minimum Gasteiger partial charge on any atom is -0.398 e. The number of thioether (sulfide) groups is 1. The summed E-state index contributed by atoms with van der Waals surface area (Å²) in [6, 6.07) is 45.4. The Morgan fingerprint density at radius 1 is 0.533 bits per heavy atom. The van der Waals surface area contributed by atoms with E-state index in [2.05, 4.69) is 210 Å². The van der Waals surface area contributed by atoms with Gasteiger partial charge in [-0.2, -0.15) is 0 Å². The van der Waals surface area contributed by atoms with Crippen molar-refractivity contribution in [3.63, 3.8) is 0 Å². The highest BCUT2D eigenvalue weighted by Crippen LogP contribution is 2.57. The van der Waals surface area contributed by atoms with Gasteiger partial charge in [-0.05, 0) is 151 Å². The van der Waals surface area contributed by atoms with Crippen molar-refractivity contribution in [3.8, 4) is 0 Å². The molecule has 0 aliphatic heterocycles. The standard InChI is InChI=1S/C57H68NPS/c1-53(2,3)42-31-43(54(4,5)6)34-46(33-42)59(47-35-44(55(7,8)9)32-45(36-47)56(10,11)12)50(60-48-24-23-37-17-13-14-18-40(37)29-48)30-41-21-15-19-38-25-27-57(51(38)41)28-26-39-20-16-22-49(58)52(39)57/h13-24,29,31-36,50H,25-28,30,58H2,1-12H3/t50?,57-/m1/s1. The van der Waals surface area contributed by atoms with Crippen LogP contribution in [-0.4, -0.2) is 4.99 Å². The number of hydrogen-bond donors (Lipinski definition) is 1. The lowest BCUT2D eigenvalue weighted by Gasteiger charge is -2.35. The topological polar surface area (TPSA) is 26.0 Å². The van der Waals surface area contributed by atoms with E-state index >= 15 is 0 Å². The summed E-state index contributed by atoms with van der Waals surface area (Å²) in [7, 11) is -0.909. The van der Waals surface area contributed by atoms with E-state index in [1.54, 1.807) is 5.56 Å². The minimum atomic E-state index is -0.909. The molecule has 0 radical (unpaired) electrons. The van der Waals surface area contributed by atoms with E-state index < -0.39 is 7.92 Å². The highest BCUT2D eigenvalue weighted by atomic mass is 32.2. The van der Waals surface area contributed by atoms with E-state index in [0.29, 0.717) is 0 Å². The molecule has 1 spiro atoms. The molecule has 0 heterocycles. The van der Waals surface area contributed by atoms with Crippen LogP contribution >= 0.6 is 19.7 Å². The number of benzene rings is 6. The zero-order chi connectivity index (χ0) is 43.0. The summed E-state index contributed by atoms with van der Waals surface area (Å²) >= 11 is 2.12. The summed E-state index contributed by atoms with van der Waals surface area (Å²) < 4.78 is 0. The highest BCUT2D eigenvalue weighted by Gasteiger charge is 2.47. The molecule has 2 aliphatic rings. The molecule has 2 atom stereocenters. The molecule has 60 heavy (non-hydrogen) atoms. The van der Waals surface area contributed by atoms with Gasteiger partial charge in [-0.15, -0.1) is 11.8 Å². The van der Waals surface area contributed by atoms with E-state index in [1.165, 1.54) is 70.8 Å². The molecule has 2 aliphatic carbocycles. The van der Waals surface area contributed by atoms with Gasteiger partial charge < -0.3 is 5.73 Å². The van der Waals surface area contributed by atoms with E-state index in [-0.39, 0.29) is 32.1 Å². The molecular weight excluding hydrogens is 762 g/mol. The second kappa shape index (κ2) is 15.5. The maximum absolute atomic E-state index is 6.98. The average Bonchev–Trinajstić information content (AvgIpc) is 3.75. The monoisotopic (exact) mass is 829 g/mol. The molecule has 8 rings (SSSR count). The lowest BCUT2D eigenvalue weighted by Crippen LogP contribution is -2.29. The first-order valence-electron chi connectivity index (χ1n) is 22.4. The number of hydrogen-bond acceptors (Lipinski definition) is 2. The smallest absolute Gasteiger partial charge is 0.0416 e. The van der Waals surface area contributed by atoms with Crippen LogP contribution in [0, 0.1) is 0 Å². The van der Waals surface area contributed by atoms with E-state index in [0.717, 1.165) is 37.8 Å². The summed E-state index contributed by atoms with van der Waals surface area (Å²) in [5, 5.41) is 5.58. The second-order valence-electron chi connectivity index (χ2n) is 22.1. The van der Waals surface area contributed by atoms with Crippen LogP contribution in [0.15, 0.2) is 120 Å². The van der Waals surface area contributed by atoms with Crippen LogP contribution in [0.2, 0.25) is 0 Å². The molecule has 0 amide bonds.